The molecule has 1 aliphatic heterocycles. The fraction of sp³-hybridized carbons (Fsp3) is 0.400. The van der Waals surface area contributed by atoms with Crippen molar-refractivity contribution in [1.82, 2.24) is 9.97 Å². The Hall–Kier alpha value is -3.39. The average molecular weight is 452 g/mol. The van der Waals surface area contributed by atoms with Gasteiger partial charge in [-0.3, -0.25) is 4.79 Å². The molecule has 0 unspecified atom stereocenters. The van der Waals surface area contributed by atoms with E-state index < -0.39 is 11.4 Å². The van der Waals surface area contributed by atoms with Gasteiger partial charge in [-0.05, 0) is 38.8 Å². The monoisotopic (exact) mass is 451 g/mol. The number of nitrogens with zero attached hydrogens (tertiary/aromatic N) is 2. The van der Waals surface area contributed by atoms with Crippen molar-refractivity contribution in [2.75, 3.05) is 38.8 Å². The van der Waals surface area contributed by atoms with Crippen LogP contribution >= 0.6 is 0 Å². The molecule has 174 valence electrons. The molecule has 8 heteroatoms. The topological polar surface area (TPSA) is 93.8 Å². The maximum Gasteiger partial charge on any atom is 0.344 e. The van der Waals surface area contributed by atoms with E-state index in [0.717, 1.165) is 30.3 Å². The Kier molecular flexibility index (Phi) is 6.65. The van der Waals surface area contributed by atoms with Gasteiger partial charge in [-0.15, -0.1) is 0 Å². The van der Waals surface area contributed by atoms with Crippen molar-refractivity contribution < 1.29 is 19.0 Å². The Morgan fingerprint density at radius 1 is 1.27 bits per heavy atom. The normalized spacial score (nSPS) is 16.1. The molecule has 1 aromatic carbocycles. The van der Waals surface area contributed by atoms with Gasteiger partial charge >= 0.3 is 5.97 Å². The van der Waals surface area contributed by atoms with Gasteiger partial charge in [0.25, 0.3) is 0 Å². The first-order valence-electron chi connectivity index (χ1n) is 11.1. The van der Waals surface area contributed by atoms with E-state index >= 15 is 0 Å². The number of carbonyl (C=O) groups excluding carboxylic acids is 1. The van der Waals surface area contributed by atoms with Crippen LogP contribution in [0.2, 0.25) is 0 Å². The zero-order chi connectivity index (χ0) is 23.5. The van der Waals surface area contributed by atoms with Crippen LogP contribution in [0.15, 0.2) is 35.1 Å². The molecular weight excluding hydrogens is 422 g/mol. The van der Waals surface area contributed by atoms with Crippen molar-refractivity contribution in [3.8, 4) is 17.0 Å². The van der Waals surface area contributed by atoms with E-state index in [1.165, 1.54) is 7.11 Å². The van der Waals surface area contributed by atoms with Gasteiger partial charge in [-0.2, -0.15) is 0 Å². The number of benzene rings is 1. The number of fused-ring (bicyclic) bond motifs is 1. The number of methoxy groups -OCH3 is 2. The number of aryl methyl sites for hydroxylation is 1. The number of aromatic nitrogens is 2. The van der Waals surface area contributed by atoms with Gasteiger partial charge in [-0.1, -0.05) is 18.2 Å². The van der Waals surface area contributed by atoms with Gasteiger partial charge in [0.15, 0.2) is 5.75 Å². The summed E-state index contributed by atoms with van der Waals surface area (Å²) in [7, 11) is 3.12. The van der Waals surface area contributed by atoms with Crippen LogP contribution in [0.3, 0.4) is 0 Å². The van der Waals surface area contributed by atoms with E-state index in [4.69, 9.17) is 19.2 Å². The predicted molar refractivity (Wildman–Crippen MR) is 127 cm³/mol. The standard InChI is InChI=1S/C25H29N3O5/c1-5-33-25(30)20-21(26-15(2)23(32-4)22(20)29)18-13-16-9-6-7-11-19(16)27-24(18)28-12-8-10-17(14-28)31-3/h6-7,9,11,13,17H,5,8,10,12,14H2,1-4H3,(H,26,29)/t17-/m1/s1. The fourth-order valence-corrected chi connectivity index (χ4v) is 4.40. The highest BCUT2D eigenvalue weighted by Crippen LogP contribution is 2.35. The van der Waals surface area contributed by atoms with Crippen molar-refractivity contribution in [1.29, 1.82) is 0 Å². The van der Waals surface area contributed by atoms with E-state index in [1.54, 1.807) is 21.0 Å². The summed E-state index contributed by atoms with van der Waals surface area (Å²) in [6.45, 7) is 5.07. The summed E-state index contributed by atoms with van der Waals surface area (Å²) in [5.41, 5.74) is 1.81. The molecule has 3 heterocycles. The van der Waals surface area contributed by atoms with Crippen molar-refractivity contribution in [2.45, 2.75) is 32.8 Å². The van der Waals surface area contributed by atoms with Gasteiger partial charge in [0, 0.05) is 31.1 Å². The van der Waals surface area contributed by atoms with E-state index in [1.807, 2.05) is 30.3 Å². The number of H-pyrrole nitrogens is 1. The van der Waals surface area contributed by atoms with Crippen LogP contribution in [0.25, 0.3) is 22.2 Å². The zero-order valence-corrected chi connectivity index (χ0v) is 19.4. The maximum atomic E-state index is 13.3. The largest absolute Gasteiger partial charge is 0.491 e. The third-order valence-corrected chi connectivity index (χ3v) is 6.00. The summed E-state index contributed by atoms with van der Waals surface area (Å²) in [6, 6.07) is 9.75. The number of piperidine rings is 1. The molecule has 1 atom stereocenters. The summed E-state index contributed by atoms with van der Waals surface area (Å²) in [6.07, 6.45) is 2.01. The molecule has 0 spiro atoms. The summed E-state index contributed by atoms with van der Waals surface area (Å²) in [5.74, 6) is 0.0929. The number of hydrogen-bond donors (Lipinski definition) is 1. The zero-order valence-electron chi connectivity index (χ0n) is 19.4. The maximum absolute atomic E-state index is 13.3. The number of carbonyl (C=O) groups is 1. The number of rotatable bonds is 6. The molecule has 1 N–H and O–H groups in total. The second-order valence-corrected chi connectivity index (χ2v) is 8.08. The second kappa shape index (κ2) is 9.62. The molecule has 33 heavy (non-hydrogen) atoms. The number of pyridine rings is 2. The minimum Gasteiger partial charge on any atom is -0.491 e. The minimum atomic E-state index is -0.695. The Labute approximate surface area is 192 Å². The number of para-hydroxylation sites is 1. The molecule has 1 fully saturated rings. The van der Waals surface area contributed by atoms with Gasteiger partial charge in [0.2, 0.25) is 5.43 Å². The van der Waals surface area contributed by atoms with Crippen molar-refractivity contribution in [3.63, 3.8) is 0 Å². The Morgan fingerprint density at radius 2 is 2.06 bits per heavy atom. The van der Waals surface area contributed by atoms with Crippen LogP contribution in [0.4, 0.5) is 5.82 Å². The smallest absolute Gasteiger partial charge is 0.344 e. The van der Waals surface area contributed by atoms with Gasteiger partial charge in [0.05, 0.1) is 36.7 Å². The number of esters is 1. The van der Waals surface area contributed by atoms with Gasteiger partial charge < -0.3 is 24.1 Å². The third-order valence-electron chi connectivity index (χ3n) is 6.00. The van der Waals surface area contributed by atoms with Crippen LogP contribution in [-0.2, 0) is 9.47 Å². The van der Waals surface area contributed by atoms with Gasteiger partial charge in [0.1, 0.15) is 11.4 Å². The number of aromatic amines is 1. The van der Waals surface area contributed by atoms with Crippen LogP contribution in [0.5, 0.6) is 5.75 Å². The second-order valence-electron chi connectivity index (χ2n) is 8.08. The molecule has 2 aromatic heterocycles. The number of nitrogens with one attached hydrogen (secondary N) is 1. The van der Waals surface area contributed by atoms with Crippen LogP contribution in [-0.4, -0.2) is 56.0 Å². The summed E-state index contributed by atoms with van der Waals surface area (Å²) < 4.78 is 16.2. The van der Waals surface area contributed by atoms with Crippen LogP contribution in [0.1, 0.15) is 35.8 Å². The van der Waals surface area contributed by atoms with E-state index in [0.29, 0.717) is 29.3 Å². The fourth-order valence-electron chi connectivity index (χ4n) is 4.40. The molecule has 4 rings (SSSR count). The molecule has 0 saturated carbocycles. The lowest BCUT2D eigenvalue weighted by Crippen LogP contribution is -2.40. The Morgan fingerprint density at radius 3 is 2.79 bits per heavy atom. The van der Waals surface area contributed by atoms with E-state index in [-0.39, 0.29) is 24.0 Å². The highest BCUT2D eigenvalue weighted by atomic mass is 16.5. The molecule has 0 aliphatic carbocycles. The van der Waals surface area contributed by atoms with E-state index in [9.17, 15) is 9.59 Å². The third kappa shape index (κ3) is 4.30. The quantitative estimate of drug-likeness (QED) is 0.571. The Balaban J connectivity index is 2.01. The van der Waals surface area contributed by atoms with Crippen LogP contribution in [0, 0.1) is 6.92 Å². The molecule has 0 bridgehead atoms. The van der Waals surface area contributed by atoms with Gasteiger partial charge in [-0.25, -0.2) is 9.78 Å². The molecule has 1 saturated heterocycles. The van der Waals surface area contributed by atoms with Crippen molar-refractivity contribution in [2.24, 2.45) is 0 Å². The molecule has 3 aromatic rings. The Bertz CT molecular complexity index is 1240. The number of anilines is 1. The average Bonchev–Trinajstić information content (AvgIpc) is 2.83. The molecule has 8 nitrogen and oxygen atoms in total. The highest BCUT2D eigenvalue weighted by molar-refractivity contribution is 6.00. The molecule has 1 aliphatic rings. The minimum absolute atomic E-state index is 0.0843. The lowest BCUT2D eigenvalue weighted by Gasteiger charge is -2.34. The lowest BCUT2D eigenvalue weighted by molar-refractivity contribution is 0.0525. The summed E-state index contributed by atoms with van der Waals surface area (Å²) >= 11 is 0. The first-order valence-corrected chi connectivity index (χ1v) is 11.1. The lowest BCUT2D eigenvalue weighted by atomic mass is 10.0. The van der Waals surface area contributed by atoms with E-state index in [2.05, 4.69) is 9.88 Å². The molecule has 0 amide bonds. The first-order chi connectivity index (χ1) is 16.0. The SMILES string of the molecule is CCOC(=O)c1c(-c2cc3ccccc3nc2N2CCC[C@@H](OC)C2)[nH]c(C)c(OC)c1=O. The van der Waals surface area contributed by atoms with Crippen molar-refractivity contribution >= 4 is 22.7 Å². The highest BCUT2D eigenvalue weighted by Gasteiger charge is 2.29. The summed E-state index contributed by atoms with van der Waals surface area (Å²) in [4.78, 5) is 36.6. The number of ether oxygens (including phenoxy) is 3. The van der Waals surface area contributed by atoms with Crippen molar-refractivity contribution in [3.05, 3.63) is 51.8 Å². The molecular formula is C25H29N3O5. The number of hydrogen-bond acceptors (Lipinski definition) is 7. The predicted octanol–water partition coefficient (Wildman–Crippen LogP) is 3.70. The van der Waals surface area contributed by atoms with Crippen LogP contribution < -0.4 is 15.1 Å². The first kappa shape index (κ1) is 22.8. The summed E-state index contributed by atoms with van der Waals surface area (Å²) in [5, 5.41) is 0.903. The molecule has 0 radical (unpaired) electrons.